The summed E-state index contributed by atoms with van der Waals surface area (Å²) in [6, 6.07) is 13.0. The highest BCUT2D eigenvalue weighted by molar-refractivity contribution is 14.0. The maximum atomic E-state index is 9.82. The van der Waals surface area contributed by atoms with Crippen molar-refractivity contribution in [1.82, 2.24) is 0 Å². The van der Waals surface area contributed by atoms with Crippen molar-refractivity contribution < 1.29 is 9.84 Å². The monoisotopic (exact) mass is 427 g/mol. The molecule has 2 rings (SSSR count). The predicted molar refractivity (Wildman–Crippen MR) is 105 cm³/mol. The van der Waals surface area contributed by atoms with Crippen molar-refractivity contribution in [2.24, 2.45) is 10.7 Å². The summed E-state index contributed by atoms with van der Waals surface area (Å²) in [5.74, 6) is 1.14. The third-order valence-electron chi connectivity index (χ3n) is 3.31. The van der Waals surface area contributed by atoms with Crippen LogP contribution >= 0.6 is 24.0 Å². The molecule has 0 saturated heterocycles. The van der Waals surface area contributed by atoms with Crippen LogP contribution in [0.2, 0.25) is 0 Å². The van der Waals surface area contributed by atoms with E-state index >= 15 is 0 Å². The topological polar surface area (TPSA) is 79.9 Å². The van der Waals surface area contributed by atoms with E-state index in [4.69, 9.17) is 10.5 Å². The molecule has 0 atom stereocenters. The molecule has 0 amide bonds. The quantitative estimate of drug-likeness (QED) is 0.388. The number of methoxy groups -OCH3 is 1. The van der Waals surface area contributed by atoms with E-state index in [0.717, 1.165) is 12.1 Å². The van der Waals surface area contributed by atoms with E-state index in [2.05, 4.69) is 23.3 Å². The van der Waals surface area contributed by atoms with Crippen LogP contribution < -0.4 is 15.8 Å². The number of guanidine groups is 1. The van der Waals surface area contributed by atoms with Crippen LogP contribution in [0.1, 0.15) is 18.1 Å². The first-order chi connectivity index (χ1) is 10.6. The number of hydrogen-bond acceptors (Lipinski definition) is 3. The number of nitrogens with zero attached hydrogens (tertiary/aromatic N) is 1. The lowest BCUT2D eigenvalue weighted by Gasteiger charge is -2.08. The second-order valence-electron chi connectivity index (χ2n) is 4.88. The van der Waals surface area contributed by atoms with Crippen molar-refractivity contribution >= 4 is 35.6 Å². The number of halogens is 1. The summed E-state index contributed by atoms with van der Waals surface area (Å²) in [7, 11) is 1.58. The summed E-state index contributed by atoms with van der Waals surface area (Å²) in [4.78, 5) is 4.25. The van der Waals surface area contributed by atoms with Crippen molar-refractivity contribution in [3.05, 3.63) is 53.6 Å². The molecule has 0 fully saturated rings. The van der Waals surface area contributed by atoms with Crippen molar-refractivity contribution in [2.45, 2.75) is 19.9 Å². The highest BCUT2D eigenvalue weighted by atomic mass is 127. The highest BCUT2D eigenvalue weighted by Crippen LogP contribution is 2.23. The summed E-state index contributed by atoms with van der Waals surface area (Å²) >= 11 is 0. The van der Waals surface area contributed by atoms with Crippen LogP contribution in [0.25, 0.3) is 0 Å². The number of nitrogens with two attached hydrogens (primary N) is 1. The molecule has 6 heteroatoms. The highest BCUT2D eigenvalue weighted by Gasteiger charge is 2.03. The number of ether oxygens (including phenoxy) is 1. The molecule has 2 aromatic carbocycles. The Hall–Kier alpha value is -1.96. The van der Waals surface area contributed by atoms with E-state index in [-0.39, 0.29) is 36.3 Å². The molecule has 0 saturated carbocycles. The lowest BCUT2D eigenvalue weighted by atomic mass is 10.1. The normalized spacial score (nSPS) is 10.8. The average Bonchev–Trinajstić information content (AvgIpc) is 2.54. The van der Waals surface area contributed by atoms with Crippen LogP contribution in [0, 0.1) is 0 Å². The van der Waals surface area contributed by atoms with Crippen molar-refractivity contribution in [2.75, 3.05) is 12.4 Å². The largest absolute Gasteiger partial charge is 0.508 e. The van der Waals surface area contributed by atoms with E-state index < -0.39 is 0 Å². The van der Waals surface area contributed by atoms with Crippen LogP contribution in [-0.4, -0.2) is 18.2 Å². The fraction of sp³-hybridized carbons (Fsp3) is 0.235. The zero-order chi connectivity index (χ0) is 15.9. The van der Waals surface area contributed by atoms with E-state index in [1.165, 1.54) is 5.56 Å². The van der Waals surface area contributed by atoms with Crippen LogP contribution in [0.15, 0.2) is 47.5 Å². The first-order valence-electron chi connectivity index (χ1n) is 7.14. The van der Waals surface area contributed by atoms with Crippen LogP contribution in [-0.2, 0) is 13.0 Å². The Morgan fingerprint density at radius 2 is 2.04 bits per heavy atom. The minimum Gasteiger partial charge on any atom is -0.508 e. The van der Waals surface area contributed by atoms with Gasteiger partial charge in [0.25, 0.3) is 0 Å². The number of aromatic hydroxyl groups is 1. The van der Waals surface area contributed by atoms with Gasteiger partial charge in [-0.25, -0.2) is 4.99 Å². The van der Waals surface area contributed by atoms with Gasteiger partial charge in [0.05, 0.1) is 13.7 Å². The van der Waals surface area contributed by atoms with E-state index in [1.807, 2.05) is 18.2 Å². The molecule has 2 aromatic rings. The number of aliphatic imine (C=N–C) groups is 1. The first-order valence-corrected chi connectivity index (χ1v) is 7.14. The molecule has 5 nitrogen and oxygen atoms in total. The first kappa shape index (κ1) is 19.1. The van der Waals surface area contributed by atoms with Gasteiger partial charge in [-0.3, -0.25) is 0 Å². The summed E-state index contributed by atoms with van der Waals surface area (Å²) in [6.07, 6.45) is 0.963. The molecule has 0 bridgehead atoms. The molecule has 23 heavy (non-hydrogen) atoms. The van der Waals surface area contributed by atoms with Crippen LogP contribution in [0.3, 0.4) is 0 Å². The number of aryl methyl sites for hydroxylation is 1. The molecule has 0 unspecified atom stereocenters. The Balaban J connectivity index is 0.00000264. The molecule has 124 valence electrons. The van der Waals surface area contributed by atoms with Gasteiger partial charge in [-0.2, -0.15) is 0 Å². The molecule has 0 aliphatic carbocycles. The molecule has 0 aliphatic heterocycles. The second-order valence-corrected chi connectivity index (χ2v) is 4.88. The van der Waals surface area contributed by atoms with Gasteiger partial charge < -0.3 is 20.9 Å². The maximum Gasteiger partial charge on any atom is 0.193 e. The van der Waals surface area contributed by atoms with Gasteiger partial charge in [-0.15, -0.1) is 24.0 Å². The molecular formula is C17H22IN3O2. The van der Waals surface area contributed by atoms with Gasteiger partial charge in [-0.05, 0) is 42.3 Å². The molecule has 4 N–H and O–H groups in total. The lowest BCUT2D eigenvalue weighted by molar-refractivity contribution is 0.411. The molecule has 0 spiro atoms. The standard InChI is InChI=1S/C17H21N3O2.HI/c1-3-12-5-4-6-14(9-12)20-17(18)19-11-13-10-15(22-2)7-8-16(13)21;/h4-10,21H,3,11H2,1-2H3,(H3,18,19,20);1H. The Bertz CT molecular complexity index is 675. The number of benzene rings is 2. The smallest absolute Gasteiger partial charge is 0.193 e. The van der Waals surface area contributed by atoms with E-state index in [0.29, 0.717) is 17.3 Å². The summed E-state index contributed by atoms with van der Waals surface area (Å²) in [6.45, 7) is 2.37. The fourth-order valence-electron chi connectivity index (χ4n) is 2.04. The van der Waals surface area contributed by atoms with Gasteiger partial charge in [0, 0.05) is 11.3 Å². The summed E-state index contributed by atoms with van der Waals surface area (Å²) < 4.78 is 5.13. The van der Waals surface area contributed by atoms with E-state index in [1.54, 1.807) is 25.3 Å². The second kappa shape index (κ2) is 9.24. The zero-order valence-electron chi connectivity index (χ0n) is 13.2. The Morgan fingerprint density at radius 1 is 1.26 bits per heavy atom. The van der Waals surface area contributed by atoms with Crippen molar-refractivity contribution in [3.63, 3.8) is 0 Å². The van der Waals surface area contributed by atoms with E-state index in [9.17, 15) is 5.11 Å². The fourth-order valence-corrected chi connectivity index (χ4v) is 2.04. The number of nitrogens with one attached hydrogen (secondary N) is 1. The Morgan fingerprint density at radius 3 is 2.74 bits per heavy atom. The average molecular weight is 427 g/mol. The molecule has 0 heterocycles. The summed E-state index contributed by atoms with van der Waals surface area (Å²) in [5, 5.41) is 12.9. The van der Waals surface area contributed by atoms with Gasteiger partial charge in [0.15, 0.2) is 5.96 Å². The van der Waals surface area contributed by atoms with Gasteiger partial charge in [0.1, 0.15) is 11.5 Å². The number of anilines is 1. The molecule has 0 radical (unpaired) electrons. The van der Waals surface area contributed by atoms with Crippen molar-refractivity contribution in [3.8, 4) is 11.5 Å². The van der Waals surface area contributed by atoms with Gasteiger partial charge in [0.2, 0.25) is 0 Å². The third-order valence-corrected chi connectivity index (χ3v) is 3.31. The van der Waals surface area contributed by atoms with Gasteiger partial charge in [-0.1, -0.05) is 19.1 Å². The lowest BCUT2D eigenvalue weighted by Crippen LogP contribution is -2.22. The summed E-state index contributed by atoms with van der Waals surface area (Å²) in [5.41, 5.74) is 8.67. The number of phenols is 1. The number of rotatable bonds is 5. The maximum absolute atomic E-state index is 9.82. The third kappa shape index (κ3) is 5.63. The number of hydrogen-bond donors (Lipinski definition) is 3. The van der Waals surface area contributed by atoms with Crippen LogP contribution in [0.5, 0.6) is 11.5 Å². The molecular weight excluding hydrogens is 405 g/mol. The predicted octanol–water partition coefficient (Wildman–Crippen LogP) is 3.51. The van der Waals surface area contributed by atoms with Crippen molar-refractivity contribution in [1.29, 1.82) is 0 Å². The minimum atomic E-state index is 0. The molecule has 0 aliphatic rings. The minimum absolute atomic E-state index is 0. The zero-order valence-corrected chi connectivity index (χ0v) is 15.6. The van der Waals surface area contributed by atoms with Gasteiger partial charge >= 0.3 is 0 Å². The number of phenolic OH excluding ortho intramolecular Hbond substituents is 1. The van der Waals surface area contributed by atoms with Crippen LogP contribution in [0.4, 0.5) is 5.69 Å². The Labute approximate surface area is 153 Å². The SMILES string of the molecule is CCc1cccc(NC(N)=NCc2cc(OC)ccc2O)c1.I. The molecule has 0 aromatic heterocycles. The Kier molecular flexibility index (Phi) is 7.67.